The van der Waals surface area contributed by atoms with Crippen molar-refractivity contribution in [2.45, 2.75) is 4.90 Å². The topological polar surface area (TPSA) is 75.6 Å². The van der Waals surface area contributed by atoms with E-state index in [1.807, 2.05) is 30.3 Å². The first kappa shape index (κ1) is 18.8. The van der Waals surface area contributed by atoms with Crippen LogP contribution in [-0.4, -0.2) is 63.1 Å². The first-order valence-corrected chi connectivity index (χ1v) is 10.5. The Kier molecular flexibility index (Phi) is 5.01. The molecular formula is C20H22N4O3S. The second kappa shape index (κ2) is 7.46. The van der Waals surface area contributed by atoms with Crippen LogP contribution in [0.5, 0.6) is 0 Å². The van der Waals surface area contributed by atoms with Gasteiger partial charge in [0.05, 0.1) is 35.3 Å². The van der Waals surface area contributed by atoms with E-state index in [0.717, 1.165) is 35.5 Å². The highest BCUT2D eigenvalue weighted by Crippen LogP contribution is 2.30. The molecule has 2 heterocycles. The highest BCUT2D eigenvalue weighted by molar-refractivity contribution is 7.89. The molecule has 7 nitrogen and oxygen atoms in total. The zero-order valence-electron chi connectivity index (χ0n) is 15.9. The van der Waals surface area contributed by atoms with Crippen LogP contribution in [0.25, 0.3) is 22.2 Å². The number of aromatic nitrogens is 2. The lowest BCUT2D eigenvalue weighted by Gasteiger charge is -2.27. The van der Waals surface area contributed by atoms with Gasteiger partial charge < -0.3 is 9.64 Å². The van der Waals surface area contributed by atoms with Crippen molar-refractivity contribution < 1.29 is 13.2 Å². The molecule has 2 aromatic carbocycles. The molecule has 0 unspecified atom stereocenters. The maximum atomic E-state index is 12.7. The lowest BCUT2D eigenvalue weighted by molar-refractivity contribution is 0.122. The zero-order valence-corrected chi connectivity index (χ0v) is 16.7. The van der Waals surface area contributed by atoms with Gasteiger partial charge in [0.2, 0.25) is 10.0 Å². The average molecular weight is 398 g/mol. The van der Waals surface area contributed by atoms with Gasteiger partial charge in [0.15, 0.2) is 0 Å². The Morgan fingerprint density at radius 1 is 1.04 bits per heavy atom. The molecule has 146 valence electrons. The fourth-order valence-corrected chi connectivity index (χ4v) is 4.35. The van der Waals surface area contributed by atoms with Crippen LogP contribution in [0.3, 0.4) is 0 Å². The minimum Gasteiger partial charge on any atom is -0.378 e. The zero-order chi connectivity index (χ0) is 19.7. The Morgan fingerprint density at radius 2 is 1.79 bits per heavy atom. The van der Waals surface area contributed by atoms with Gasteiger partial charge in [0, 0.05) is 32.7 Å². The van der Waals surface area contributed by atoms with Crippen LogP contribution in [0.15, 0.2) is 53.6 Å². The number of sulfonamides is 1. The number of nitrogens with zero attached hydrogens (tertiary/aromatic N) is 4. The Balaban J connectivity index is 1.80. The second-order valence-electron chi connectivity index (χ2n) is 6.81. The standard InChI is InChI=1S/C20H22N4O3S/c1-23(2)28(25,26)19-6-4-3-5-16(19)15-7-8-17-18(13-15)22-20(14-21-17)24-9-11-27-12-10-24/h3-8,13-14H,9-12H2,1-2H3. The summed E-state index contributed by atoms with van der Waals surface area (Å²) in [5, 5.41) is 0. The second-order valence-corrected chi connectivity index (χ2v) is 8.93. The molecule has 28 heavy (non-hydrogen) atoms. The number of ether oxygens (including phenoxy) is 1. The number of hydrogen-bond donors (Lipinski definition) is 0. The van der Waals surface area contributed by atoms with Crippen LogP contribution in [0.1, 0.15) is 0 Å². The van der Waals surface area contributed by atoms with Gasteiger partial charge in [-0.2, -0.15) is 0 Å². The van der Waals surface area contributed by atoms with E-state index in [1.54, 1.807) is 18.3 Å². The minimum absolute atomic E-state index is 0.275. The number of anilines is 1. The number of rotatable bonds is 4. The summed E-state index contributed by atoms with van der Waals surface area (Å²) in [4.78, 5) is 11.7. The van der Waals surface area contributed by atoms with E-state index in [4.69, 9.17) is 9.72 Å². The molecule has 1 fully saturated rings. The molecule has 0 amide bonds. The molecule has 0 spiro atoms. The lowest BCUT2D eigenvalue weighted by atomic mass is 10.0. The van der Waals surface area contributed by atoms with E-state index in [2.05, 4.69) is 9.88 Å². The van der Waals surface area contributed by atoms with Crippen LogP contribution in [0.2, 0.25) is 0 Å². The van der Waals surface area contributed by atoms with Crippen molar-refractivity contribution >= 4 is 26.9 Å². The number of benzene rings is 2. The van der Waals surface area contributed by atoms with Crippen molar-refractivity contribution in [3.05, 3.63) is 48.7 Å². The fourth-order valence-electron chi connectivity index (χ4n) is 3.24. The first-order chi connectivity index (χ1) is 13.5. The summed E-state index contributed by atoms with van der Waals surface area (Å²) in [5.74, 6) is 0.808. The monoisotopic (exact) mass is 398 g/mol. The summed E-state index contributed by atoms with van der Waals surface area (Å²) < 4.78 is 32.1. The average Bonchev–Trinajstić information content (AvgIpc) is 2.73. The third-order valence-corrected chi connectivity index (χ3v) is 6.69. The van der Waals surface area contributed by atoms with Gasteiger partial charge in [0.1, 0.15) is 5.82 Å². The quantitative estimate of drug-likeness (QED) is 0.672. The molecular weight excluding hydrogens is 376 g/mol. The maximum Gasteiger partial charge on any atom is 0.243 e. The predicted octanol–water partition coefficient (Wildman–Crippen LogP) is 2.38. The van der Waals surface area contributed by atoms with Gasteiger partial charge in [-0.1, -0.05) is 24.3 Å². The summed E-state index contributed by atoms with van der Waals surface area (Å²) in [5.41, 5.74) is 2.95. The smallest absolute Gasteiger partial charge is 0.243 e. The van der Waals surface area contributed by atoms with E-state index >= 15 is 0 Å². The molecule has 4 rings (SSSR count). The molecule has 0 N–H and O–H groups in total. The molecule has 1 aliphatic rings. The Morgan fingerprint density at radius 3 is 2.54 bits per heavy atom. The Hall–Kier alpha value is -2.55. The SMILES string of the molecule is CN(C)S(=O)(=O)c1ccccc1-c1ccc2ncc(N3CCOCC3)nc2c1. The first-order valence-electron chi connectivity index (χ1n) is 9.08. The van der Waals surface area contributed by atoms with Gasteiger partial charge in [0.25, 0.3) is 0 Å². The molecule has 3 aromatic rings. The molecule has 1 saturated heterocycles. The van der Waals surface area contributed by atoms with E-state index < -0.39 is 10.0 Å². The fraction of sp³-hybridized carbons (Fsp3) is 0.300. The molecule has 0 bridgehead atoms. The highest BCUT2D eigenvalue weighted by Gasteiger charge is 2.22. The molecule has 8 heteroatoms. The Bertz CT molecular complexity index is 1110. The van der Waals surface area contributed by atoms with Crippen LogP contribution in [-0.2, 0) is 14.8 Å². The molecule has 0 atom stereocenters. The molecule has 1 aliphatic heterocycles. The lowest BCUT2D eigenvalue weighted by Crippen LogP contribution is -2.36. The van der Waals surface area contributed by atoms with Gasteiger partial charge in [-0.05, 0) is 23.8 Å². The minimum atomic E-state index is -3.56. The maximum absolute atomic E-state index is 12.7. The van der Waals surface area contributed by atoms with Crippen molar-refractivity contribution in [2.75, 3.05) is 45.3 Å². The summed E-state index contributed by atoms with van der Waals surface area (Å²) in [7, 11) is -0.490. The van der Waals surface area contributed by atoms with Gasteiger partial charge in [-0.15, -0.1) is 0 Å². The van der Waals surface area contributed by atoms with Gasteiger partial charge in [-0.3, -0.25) is 4.98 Å². The Labute approximate surface area is 164 Å². The summed E-state index contributed by atoms with van der Waals surface area (Å²) >= 11 is 0. The predicted molar refractivity (Wildman–Crippen MR) is 109 cm³/mol. The van der Waals surface area contributed by atoms with Crippen molar-refractivity contribution in [3.63, 3.8) is 0 Å². The normalized spacial score (nSPS) is 15.3. The molecule has 0 aliphatic carbocycles. The number of morpholine rings is 1. The van der Waals surface area contributed by atoms with Crippen LogP contribution in [0, 0.1) is 0 Å². The van der Waals surface area contributed by atoms with Crippen molar-refractivity contribution in [1.82, 2.24) is 14.3 Å². The van der Waals surface area contributed by atoms with E-state index in [1.165, 1.54) is 18.4 Å². The third kappa shape index (κ3) is 3.46. The summed E-state index contributed by atoms with van der Waals surface area (Å²) in [6, 6.07) is 12.7. The van der Waals surface area contributed by atoms with Crippen LogP contribution < -0.4 is 4.90 Å². The van der Waals surface area contributed by atoms with Crippen LogP contribution >= 0.6 is 0 Å². The van der Waals surface area contributed by atoms with Gasteiger partial charge >= 0.3 is 0 Å². The highest BCUT2D eigenvalue weighted by atomic mass is 32.2. The summed E-state index contributed by atoms with van der Waals surface area (Å²) in [6.07, 6.45) is 1.78. The summed E-state index contributed by atoms with van der Waals surface area (Å²) in [6.45, 7) is 2.92. The van der Waals surface area contributed by atoms with Crippen molar-refractivity contribution in [2.24, 2.45) is 0 Å². The number of hydrogen-bond acceptors (Lipinski definition) is 6. The third-order valence-electron chi connectivity index (χ3n) is 4.82. The van der Waals surface area contributed by atoms with Crippen LogP contribution in [0.4, 0.5) is 5.82 Å². The van der Waals surface area contributed by atoms with Crippen molar-refractivity contribution in [3.8, 4) is 11.1 Å². The van der Waals surface area contributed by atoms with E-state index in [9.17, 15) is 8.42 Å². The van der Waals surface area contributed by atoms with E-state index in [-0.39, 0.29) is 4.90 Å². The largest absolute Gasteiger partial charge is 0.378 e. The van der Waals surface area contributed by atoms with E-state index in [0.29, 0.717) is 18.8 Å². The molecule has 1 aromatic heterocycles. The molecule has 0 saturated carbocycles. The van der Waals surface area contributed by atoms with Crippen molar-refractivity contribution in [1.29, 1.82) is 0 Å². The molecule has 0 radical (unpaired) electrons. The van der Waals surface area contributed by atoms with Gasteiger partial charge in [-0.25, -0.2) is 17.7 Å². The number of fused-ring (bicyclic) bond motifs is 1.